The van der Waals surface area contributed by atoms with Crippen molar-refractivity contribution in [3.05, 3.63) is 23.8 Å². The molecule has 0 saturated carbocycles. The Labute approximate surface area is 131 Å². The van der Waals surface area contributed by atoms with Crippen LogP contribution in [0.1, 0.15) is 38.7 Å². The van der Waals surface area contributed by atoms with Crippen LogP contribution in [0.15, 0.2) is 18.2 Å². The molecule has 1 aliphatic rings. The van der Waals surface area contributed by atoms with Crippen molar-refractivity contribution in [1.82, 2.24) is 4.90 Å². The lowest BCUT2D eigenvalue weighted by Crippen LogP contribution is -2.44. The fourth-order valence-electron chi connectivity index (χ4n) is 2.66. The average molecular weight is 302 g/mol. The number of piperidine rings is 1. The van der Waals surface area contributed by atoms with Gasteiger partial charge in [-0.25, -0.2) is 0 Å². The second kappa shape index (κ2) is 7.69. The molecule has 2 rings (SSSR count). The maximum absolute atomic E-state index is 12.3. The van der Waals surface area contributed by atoms with Gasteiger partial charge in [0.15, 0.2) is 18.1 Å². The molecule has 0 radical (unpaired) electrons. The highest BCUT2D eigenvalue weighted by atomic mass is 16.5. The Morgan fingerprint density at radius 1 is 1.36 bits per heavy atom. The summed E-state index contributed by atoms with van der Waals surface area (Å²) in [7, 11) is 0. The first-order chi connectivity index (χ1) is 10.7. The van der Waals surface area contributed by atoms with Crippen LogP contribution in [0.25, 0.3) is 0 Å². The molecule has 5 heteroatoms. The molecule has 118 valence electrons. The maximum atomic E-state index is 12.3. The summed E-state index contributed by atoms with van der Waals surface area (Å²) in [6, 6.07) is 7.31. The van der Waals surface area contributed by atoms with E-state index >= 15 is 0 Å². The van der Waals surface area contributed by atoms with Gasteiger partial charge in [0, 0.05) is 18.7 Å². The minimum Gasteiger partial charge on any atom is -0.490 e. The molecule has 0 N–H and O–H groups in total. The van der Waals surface area contributed by atoms with Crippen molar-refractivity contribution in [2.45, 2.75) is 39.2 Å². The molecule has 1 fully saturated rings. The van der Waals surface area contributed by atoms with Crippen LogP contribution in [0, 0.1) is 11.3 Å². The third kappa shape index (κ3) is 3.91. The molecule has 0 bridgehead atoms. The van der Waals surface area contributed by atoms with E-state index in [-0.39, 0.29) is 18.6 Å². The molecule has 0 aromatic heterocycles. The van der Waals surface area contributed by atoms with Gasteiger partial charge < -0.3 is 14.4 Å². The zero-order chi connectivity index (χ0) is 15.9. The number of carbonyl (C=O) groups excluding carboxylic acids is 1. The summed E-state index contributed by atoms with van der Waals surface area (Å²) in [5.41, 5.74) is 0.506. The number of carbonyl (C=O) groups is 1. The molecular weight excluding hydrogens is 280 g/mol. The zero-order valence-corrected chi connectivity index (χ0v) is 13.2. The van der Waals surface area contributed by atoms with Crippen molar-refractivity contribution >= 4 is 5.91 Å². The number of nitriles is 1. The number of amides is 1. The highest BCUT2D eigenvalue weighted by Crippen LogP contribution is 2.28. The Morgan fingerprint density at radius 2 is 2.18 bits per heavy atom. The second-order valence-electron chi connectivity index (χ2n) is 5.43. The predicted molar refractivity (Wildman–Crippen MR) is 82.8 cm³/mol. The number of benzene rings is 1. The Bertz CT molecular complexity index is 566. The summed E-state index contributed by atoms with van der Waals surface area (Å²) >= 11 is 0. The van der Waals surface area contributed by atoms with E-state index in [4.69, 9.17) is 14.7 Å². The lowest BCUT2D eigenvalue weighted by atomic mass is 10.0. The van der Waals surface area contributed by atoms with E-state index in [0.29, 0.717) is 23.7 Å². The van der Waals surface area contributed by atoms with Crippen molar-refractivity contribution in [2.24, 2.45) is 0 Å². The average Bonchev–Trinajstić information content (AvgIpc) is 2.54. The summed E-state index contributed by atoms with van der Waals surface area (Å²) < 4.78 is 11.1. The van der Waals surface area contributed by atoms with Crippen LogP contribution < -0.4 is 9.47 Å². The summed E-state index contributed by atoms with van der Waals surface area (Å²) in [5, 5.41) is 8.93. The van der Waals surface area contributed by atoms with Crippen LogP contribution in [-0.4, -0.2) is 36.6 Å². The van der Waals surface area contributed by atoms with Crippen molar-refractivity contribution in [3.63, 3.8) is 0 Å². The number of likely N-dealkylation sites (tertiary alicyclic amines) is 1. The number of hydrogen-bond donors (Lipinski definition) is 0. The van der Waals surface area contributed by atoms with Gasteiger partial charge in [-0.05, 0) is 45.2 Å². The maximum Gasteiger partial charge on any atom is 0.260 e. The Hall–Kier alpha value is -2.22. The summed E-state index contributed by atoms with van der Waals surface area (Å²) in [5.74, 6) is 0.999. The summed E-state index contributed by atoms with van der Waals surface area (Å²) in [6.07, 6.45) is 3.28. The predicted octanol–water partition coefficient (Wildman–Crippen LogP) is 2.74. The first-order valence-electron chi connectivity index (χ1n) is 7.75. The third-order valence-corrected chi connectivity index (χ3v) is 3.85. The minimum absolute atomic E-state index is 0.000918. The Kier molecular flexibility index (Phi) is 5.65. The normalized spacial score (nSPS) is 17.7. The van der Waals surface area contributed by atoms with Crippen LogP contribution in [0.3, 0.4) is 0 Å². The van der Waals surface area contributed by atoms with Gasteiger partial charge in [0.05, 0.1) is 18.2 Å². The molecule has 5 nitrogen and oxygen atoms in total. The molecule has 1 atom stereocenters. The summed E-state index contributed by atoms with van der Waals surface area (Å²) in [6.45, 7) is 5.21. The largest absolute Gasteiger partial charge is 0.490 e. The smallest absolute Gasteiger partial charge is 0.260 e. The Morgan fingerprint density at radius 3 is 2.86 bits per heavy atom. The zero-order valence-electron chi connectivity index (χ0n) is 13.2. The fourth-order valence-corrected chi connectivity index (χ4v) is 2.66. The quantitative estimate of drug-likeness (QED) is 0.839. The fraction of sp³-hybridized carbons (Fsp3) is 0.529. The number of nitrogens with zero attached hydrogens (tertiary/aromatic N) is 2. The number of ether oxygens (including phenoxy) is 2. The molecule has 1 aromatic rings. The lowest BCUT2D eigenvalue weighted by Gasteiger charge is -2.33. The van der Waals surface area contributed by atoms with Gasteiger partial charge in [0.1, 0.15) is 0 Å². The van der Waals surface area contributed by atoms with E-state index < -0.39 is 0 Å². The summed E-state index contributed by atoms with van der Waals surface area (Å²) in [4.78, 5) is 14.2. The molecule has 1 heterocycles. The van der Waals surface area contributed by atoms with Gasteiger partial charge in [0.2, 0.25) is 0 Å². The van der Waals surface area contributed by atoms with Gasteiger partial charge in [-0.15, -0.1) is 0 Å². The van der Waals surface area contributed by atoms with E-state index in [9.17, 15) is 4.79 Å². The van der Waals surface area contributed by atoms with E-state index in [1.807, 2.05) is 11.8 Å². The number of hydrogen-bond acceptors (Lipinski definition) is 4. The van der Waals surface area contributed by atoms with Crippen LogP contribution in [0.4, 0.5) is 0 Å². The molecule has 0 aliphatic carbocycles. The van der Waals surface area contributed by atoms with Crippen molar-refractivity contribution in [1.29, 1.82) is 5.26 Å². The van der Waals surface area contributed by atoms with Gasteiger partial charge in [0.25, 0.3) is 5.91 Å². The van der Waals surface area contributed by atoms with Gasteiger partial charge in [-0.2, -0.15) is 5.26 Å². The van der Waals surface area contributed by atoms with Crippen molar-refractivity contribution in [3.8, 4) is 17.6 Å². The topological polar surface area (TPSA) is 62.6 Å². The van der Waals surface area contributed by atoms with E-state index in [0.717, 1.165) is 19.4 Å². The molecule has 1 amide bonds. The monoisotopic (exact) mass is 302 g/mol. The first-order valence-corrected chi connectivity index (χ1v) is 7.75. The van der Waals surface area contributed by atoms with Crippen LogP contribution in [0.2, 0.25) is 0 Å². The molecular formula is C17H22N2O3. The van der Waals surface area contributed by atoms with Crippen LogP contribution in [0.5, 0.6) is 11.5 Å². The van der Waals surface area contributed by atoms with Crippen LogP contribution >= 0.6 is 0 Å². The second-order valence-corrected chi connectivity index (χ2v) is 5.43. The van der Waals surface area contributed by atoms with E-state index in [2.05, 4.69) is 13.0 Å². The molecule has 1 aliphatic heterocycles. The molecule has 1 saturated heterocycles. The lowest BCUT2D eigenvalue weighted by molar-refractivity contribution is -0.136. The van der Waals surface area contributed by atoms with E-state index in [1.54, 1.807) is 18.2 Å². The molecule has 0 spiro atoms. The first kappa shape index (κ1) is 16.2. The van der Waals surface area contributed by atoms with Gasteiger partial charge >= 0.3 is 0 Å². The third-order valence-electron chi connectivity index (χ3n) is 3.85. The minimum atomic E-state index is -0.00366. The molecule has 0 unspecified atom stereocenters. The Balaban J connectivity index is 2.01. The van der Waals surface area contributed by atoms with Crippen molar-refractivity contribution in [2.75, 3.05) is 19.8 Å². The SMILES string of the molecule is CCOc1cc(C#N)ccc1OCC(=O)N1CCCC[C@H]1C. The molecule has 22 heavy (non-hydrogen) atoms. The van der Waals surface area contributed by atoms with Gasteiger partial charge in [-0.1, -0.05) is 0 Å². The molecule has 1 aromatic carbocycles. The van der Waals surface area contributed by atoms with E-state index in [1.165, 1.54) is 6.42 Å². The van der Waals surface area contributed by atoms with Crippen LogP contribution in [-0.2, 0) is 4.79 Å². The highest BCUT2D eigenvalue weighted by Gasteiger charge is 2.23. The standard InChI is InChI=1S/C17H22N2O3/c1-3-21-16-10-14(11-18)7-8-15(16)22-12-17(20)19-9-5-4-6-13(19)2/h7-8,10,13H,3-6,9,12H2,1-2H3/t13-/m1/s1. The number of rotatable bonds is 5. The van der Waals surface area contributed by atoms with Crippen molar-refractivity contribution < 1.29 is 14.3 Å². The van der Waals surface area contributed by atoms with Gasteiger partial charge in [-0.3, -0.25) is 4.79 Å². The highest BCUT2D eigenvalue weighted by molar-refractivity contribution is 5.78.